The lowest BCUT2D eigenvalue weighted by Crippen LogP contribution is -2.34. The van der Waals surface area contributed by atoms with E-state index in [-0.39, 0.29) is 12.1 Å². The molecule has 0 radical (unpaired) electrons. The Kier molecular flexibility index (Phi) is 2.84. The van der Waals surface area contributed by atoms with Crippen molar-refractivity contribution in [3.63, 3.8) is 0 Å². The molecule has 0 saturated carbocycles. The quantitative estimate of drug-likeness (QED) is 0.824. The van der Waals surface area contributed by atoms with Crippen molar-refractivity contribution >= 4 is 16.5 Å². The Labute approximate surface area is 95.9 Å². The third-order valence-corrected chi connectivity index (χ3v) is 2.66. The molecule has 0 fully saturated rings. The van der Waals surface area contributed by atoms with Gasteiger partial charge in [-0.2, -0.15) is 0 Å². The Morgan fingerprint density at radius 1 is 1.06 bits per heavy atom. The molecule has 0 spiro atoms. The van der Waals surface area contributed by atoms with Gasteiger partial charge in [-0.1, -0.05) is 36.4 Å². The van der Waals surface area contributed by atoms with E-state index in [1.165, 1.54) is 10.8 Å². The summed E-state index contributed by atoms with van der Waals surface area (Å²) in [5, 5.41) is 15.0. The molecule has 0 aliphatic heterocycles. The number of benzene rings is 2. The standard InChI is InChI=1S/C14H17NO/c1-14(2,10-16)15-13-9-5-7-11-6-3-4-8-12(11)13/h3-9,15-16H,10H2,1-2H3. The minimum atomic E-state index is -0.301. The topological polar surface area (TPSA) is 32.3 Å². The van der Waals surface area contributed by atoms with Gasteiger partial charge in [0.15, 0.2) is 0 Å². The number of hydrogen-bond donors (Lipinski definition) is 2. The number of fused-ring (bicyclic) bond motifs is 1. The normalized spacial score (nSPS) is 11.7. The summed E-state index contributed by atoms with van der Waals surface area (Å²) < 4.78 is 0. The molecule has 2 nitrogen and oxygen atoms in total. The van der Waals surface area contributed by atoms with Crippen molar-refractivity contribution in [2.75, 3.05) is 11.9 Å². The fourth-order valence-corrected chi connectivity index (χ4v) is 1.74. The van der Waals surface area contributed by atoms with Gasteiger partial charge in [0.25, 0.3) is 0 Å². The molecule has 0 atom stereocenters. The SMILES string of the molecule is CC(C)(CO)Nc1cccc2ccccc12. The first-order valence-electron chi connectivity index (χ1n) is 5.49. The number of aliphatic hydroxyl groups is 1. The van der Waals surface area contributed by atoms with Gasteiger partial charge >= 0.3 is 0 Å². The van der Waals surface area contributed by atoms with Gasteiger partial charge in [0.2, 0.25) is 0 Å². The minimum absolute atomic E-state index is 0.107. The molecule has 0 amide bonds. The monoisotopic (exact) mass is 215 g/mol. The largest absolute Gasteiger partial charge is 0.394 e. The molecule has 0 unspecified atom stereocenters. The van der Waals surface area contributed by atoms with Crippen LogP contribution < -0.4 is 5.32 Å². The van der Waals surface area contributed by atoms with Crippen LogP contribution in [-0.4, -0.2) is 17.3 Å². The van der Waals surface area contributed by atoms with Crippen LogP contribution in [0.3, 0.4) is 0 Å². The van der Waals surface area contributed by atoms with Crippen LogP contribution in [-0.2, 0) is 0 Å². The molecule has 0 saturated heterocycles. The van der Waals surface area contributed by atoms with Crippen molar-refractivity contribution in [3.05, 3.63) is 42.5 Å². The number of nitrogens with one attached hydrogen (secondary N) is 1. The first-order chi connectivity index (χ1) is 7.62. The first-order valence-corrected chi connectivity index (χ1v) is 5.49. The summed E-state index contributed by atoms with van der Waals surface area (Å²) >= 11 is 0. The van der Waals surface area contributed by atoms with Crippen molar-refractivity contribution in [2.24, 2.45) is 0 Å². The molecule has 2 heteroatoms. The lowest BCUT2D eigenvalue weighted by Gasteiger charge is -2.25. The van der Waals surface area contributed by atoms with Gasteiger partial charge in [0, 0.05) is 11.1 Å². The van der Waals surface area contributed by atoms with E-state index in [1.807, 2.05) is 38.1 Å². The van der Waals surface area contributed by atoms with E-state index in [9.17, 15) is 5.11 Å². The highest BCUT2D eigenvalue weighted by Gasteiger charge is 2.16. The zero-order valence-corrected chi connectivity index (χ0v) is 9.70. The van der Waals surface area contributed by atoms with E-state index in [2.05, 4.69) is 23.5 Å². The Hall–Kier alpha value is -1.54. The van der Waals surface area contributed by atoms with E-state index in [0.29, 0.717) is 0 Å². The highest BCUT2D eigenvalue weighted by atomic mass is 16.3. The molecule has 0 aliphatic rings. The summed E-state index contributed by atoms with van der Waals surface area (Å²) in [6, 6.07) is 14.4. The smallest absolute Gasteiger partial charge is 0.0656 e. The van der Waals surface area contributed by atoms with Crippen molar-refractivity contribution in [1.82, 2.24) is 0 Å². The van der Waals surface area contributed by atoms with Crippen LogP contribution in [0.1, 0.15) is 13.8 Å². The minimum Gasteiger partial charge on any atom is -0.394 e. The molecule has 84 valence electrons. The Balaban J connectivity index is 2.45. The summed E-state index contributed by atoms with van der Waals surface area (Å²) in [7, 11) is 0. The van der Waals surface area contributed by atoms with E-state index in [4.69, 9.17) is 0 Å². The van der Waals surface area contributed by atoms with Crippen molar-refractivity contribution in [1.29, 1.82) is 0 Å². The number of aliphatic hydroxyl groups excluding tert-OH is 1. The molecule has 2 aromatic rings. The fraction of sp³-hybridized carbons (Fsp3) is 0.286. The Bertz CT molecular complexity index is 486. The first kappa shape index (κ1) is 11.0. The highest BCUT2D eigenvalue weighted by Crippen LogP contribution is 2.25. The van der Waals surface area contributed by atoms with Crippen LogP contribution in [0, 0.1) is 0 Å². The predicted octanol–water partition coefficient (Wildman–Crippen LogP) is 3.02. The molecular formula is C14H17NO. The lowest BCUT2D eigenvalue weighted by atomic mass is 10.0. The second-order valence-electron chi connectivity index (χ2n) is 4.69. The van der Waals surface area contributed by atoms with Gasteiger partial charge in [0.05, 0.1) is 12.1 Å². The van der Waals surface area contributed by atoms with Crippen LogP contribution >= 0.6 is 0 Å². The zero-order chi connectivity index (χ0) is 11.6. The molecule has 16 heavy (non-hydrogen) atoms. The summed E-state index contributed by atoms with van der Waals surface area (Å²) in [6.07, 6.45) is 0. The van der Waals surface area contributed by atoms with Gasteiger partial charge in [-0.15, -0.1) is 0 Å². The van der Waals surface area contributed by atoms with Crippen molar-refractivity contribution in [2.45, 2.75) is 19.4 Å². The molecule has 0 aliphatic carbocycles. The summed E-state index contributed by atoms with van der Waals surface area (Å²) in [5.74, 6) is 0. The van der Waals surface area contributed by atoms with Crippen LogP contribution in [0.4, 0.5) is 5.69 Å². The molecular weight excluding hydrogens is 198 g/mol. The van der Waals surface area contributed by atoms with Crippen LogP contribution in [0.15, 0.2) is 42.5 Å². The summed E-state index contributed by atoms with van der Waals surface area (Å²) in [6.45, 7) is 4.07. The van der Waals surface area contributed by atoms with E-state index in [0.717, 1.165) is 5.69 Å². The van der Waals surface area contributed by atoms with Gasteiger partial charge in [-0.25, -0.2) is 0 Å². The molecule has 2 rings (SSSR count). The van der Waals surface area contributed by atoms with Crippen LogP contribution in [0.2, 0.25) is 0 Å². The van der Waals surface area contributed by atoms with E-state index < -0.39 is 0 Å². The third-order valence-electron chi connectivity index (χ3n) is 2.66. The molecule has 0 bridgehead atoms. The molecule has 0 heterocycles. The number of rotatable bonds is 3. The van der Waals surface area contributed by atoms with Crippen molar-refractivity contribution < 1.29 is 5.11 Å². The predicted molar refractivity (Wildman–Crippen MR) is 68.7 cm³/mol. The average Bonchev–Trinajstić information content (AvgIpc) is 2.29. The average molecular weight is 215 g/mol. The van der Waals surface area contributed by atoms with Gasteiger partial charge in [-0.05, 0) is 25.3 Å². The second kappa shape index (κ2) is 4.14. The zero-order valence-electron chi connectivity index (χ0n) is 9.70. The Morgan fingerprint density at radius 3 is 2.50 bits per heavy atom. The van der Waals surface area contributed by atoms with Gasteiger partial charge in [0.1, 0.15) is 0 Å². The molecule has 0 aromatic heterocycles. The number of hydrogen-bond acceptors (Lipinski definition) is 2. The second-order valence-corrected chi connectivity index (χ2v) is 4.69. The molecule has 2 N–H and O–H groups in total. The Morgan fingerprint density at radius 2 is 1.75 bits per heavy atom. The highest BCUT2D eigenvalue weighted by molar-refractivity contribution is 5.94. The van der Waals surface area contributed by atoms with E-state index >= 15 is 0 Å². The third kappa shape index (κ3) is 2.17. The number of anilines is 1. The lowest BCUT2D eigenvalue weighted by molar-refractivity contribution is 0.234. The molecule has 2 aromatic carbocycles. The van der Waals surface area contributed by atoms with Gasteiger partial charge < -0.3 is 10.4 Å². The van der Waals surface area contributed by atoms with Crippen LogP contribution in [0.25, 0.3) is 10.8 Å². The maximum absolute atomic E-state index is 9.26. The van der Waals surface area contributed by atoms with Gasteiger partial charge in [-0.3, -0.25) is 0 Å². The van der Waals surface area contributed by atoms with Crippen LogP contribution in [0.5, 0.6) is 0 Å². The fourth-order valence-electron chi connectivity index (χ4n) is 1.74. The summed E-state index contributed by atoms with van der Waals surface area (Å²) in [5.41, 5.74) is 0.765. The maximum atomic E-state index is 9.26. The van der Waals surface area contributed by atoms with E-state index in [1.54, 1.807) is 0 Å². The maximum Gasteiger partial charge on any atom is 0.0656 e. The van der Waals surface area contributed by atoms with Crippen molar-refractivity contribution in [3.8, 4) is 0 Å². The summed E-state index contributed by atoms with van der Waals surface area (Å²) in [4.78, 5) is 0.